The fraction of sp³-hybridized carbons (Fsp3) is 0.294. The molecule has 0 saturated carbocycles. The Hall–Kier alpha value is -2.40. The topological polar surface area (TPSA) is 82.2 Å². The maximum Gasteiger partial charge on any atom is 0.168 e. The number of para-hydroxylation sites is 1. The van der Waals surface area contributed by atoms with Crippen molar-refractivity contribution in [3.8, 4) is 0 Å². The number of H-pyrrole nitrogens is 1. The van der Waals surface area contributed by atoms with Crippen LogP contribution in [0.5, 0.6) is 0 Å². The molecule has 2 aromatic heterocycles. The Morgan fingerprint density at radius 3 is 3.05 bits per heavy atom. The zero-order valence-electron chi connectivity index (χ0n) is 12.5. The molecule has 3 N–H and O–H groups in total. The van der Waals surface area contributed by atoms with Crippen molar-refractivity contribution >= 4 is 16.7 Å². The molecule has 4 rings (SSSR count). The van der Waals surface area contributed by atoms with Gasteiger partial charge in [-0.3, -0.25) is 4.79 Å². The first-order valence-electron chi connectivity index (χ1n) is 7.33. The number of nitrogens with one attached hydrogen (secondary N) is 1. The van der Waals surface area contributed by atoms with Crippen LogP contribution in [0.1, 0.15) is 28.2 Å². The van der Waals surface area contributed by atoms with Crippen molar-refractivity contribution in [2.75, 3.05) is 0 Å². The van der Waals surface area contributed by atoms with Gasteiger partial charge < -0.3 is 15.0 Å². The maximum atomic E-state index is 12.9. The van der Waals surface area contributed by atoms with E-state index in [1.54, 1.807) is 6.33 Å². The molecule has 0 aliphatic heterocycles. The minimum absolute atomic E-state index is 0. The number of hydrogen-bond acceptors (Lipinski definition) is 2. The smallest absolute Gasteiger partial charge is 0.168 e. The Labute approximate surface area is 128 Å². The number of Topliss-reactive ketones (excluding diaryl/α,β-unsaturated/α-hetero) is 1. The molecular weight excluding hydrogens is 278 g/mol. The van der Waals surface area contributed by atoms with Crippen LogP contribution >= 0.6 is 0 Å². The molecule has 3 aromatic rings. The number of carbonyl (C=O) groups is 1. The zero-order valence-corrected chi connectivity index (χ0v) is 12.5. The fourth-order valence-corrected chi connectivity index (χ4v) is 3.38. The highest BCUT2D eigenvalue weighted by molar-refractivity contribution is 6.09. The second-order valence-electron chi connectivity index (χ2n) is 5.80. The van der Waals surface area contributed by atoms with Crippen LogP contribution in [0.25, 0.3) is 10.9 Å². The molecule has 5 nitrogen and oxygen atoms in total. The third kappa shape index (κ3) is 2.14. The van der Waals surface area contributed by atoms with Gasteiger partial charge in [-0.1, -0.05) is 18.2 Å². The van der Waals surface area contributed by atoms with Crippen molar-refractivity contribution in [1.82, 2.24) is 14.5 Å². The Morgan fingerprint density at radius 1 is 1.36 bits per heavy atom. The highest BCUT2D eigenvalue weighted by Crippen LogP contribution is 2.29. The monoisotopic (exact) mass is 297 g/mol. The molecule has 1 aliphatic rings. The average molecular weight is 297 g/mol. The van der Waals surface area contributed by atoms with Crippen molar-refractivity contribution in [3.05, 3.63) is 53.7 Å². The summed E-state index contributed by atoms with van der Waals surface area (Å²) in [5.41, 5.74) is 4.20. The number of carbonyl (C=O) groups excluding carboxylic acids is 1. The van der Waals surface area contributed by atoms with Gasteiger partial charge in [0.1, 0.15) is 0 Å². The Kier molecular flexibility index (Phi) is 3.58. The lowest BCUT2D eigenvalue weighted by molar-refractivity contribution is 0.0909. The molecule has 114 valence electrons. The SMILES string of the molecule is Cn1cc(C(=O)[C@@H]2CCc3[nH]cnc3C2)c2ccccc21.O. The number of aromatic nitrogens is 3. The minimum Gasteiger partial charge on any atom is -0.412 e. The van der Waals surface area contributed by atoms with Gasteiger partial charge in [-0.15, -0.1) is 0 Å². The van der Waals surface area contributed by atoms with Crippen LogP contribution in [-0.4, -0.2) is 25.8 Å². The zero-order chi connectivity index (χ0) is 14.4. The third-order valence-corrected chi connectivity index (χ3v) is 4.52. The number of imidazole rings is 1. The lowest BCUT2D eigenvalue weighted by atomic mass is 9.84. The number of fused-ring (bicyclic) bond motifs is 2. The molecule has 0 saturated heterocycles. The van der Waals surface area contributed by atoms with Crippen molar-refractivity contribution in [2.45, 2.75) is 19.3 Å². The molecule has 1 aliphatic carbocycles. The van der Waals surface area contributed by atoms with E-state index >= 15 is 0 Å². The van der Waals surface area contributed by atoms with Crippen molar-refractivity contribution in [2.24, 2.45) is 13.0 Å². The first-order valence-corrected chi connectivity index (χ1v) is 7.33. The summed E-state index contributed by atoms with van der Waals surface area (Å²) >= 11 is 0. The van der Waals surface area contributed by atoms with Gasteiger partial charge in [-0.05, 0) is 18.9 Å². The predicted octanol–water partition coefficient (Wildman–Crippen LogP) is 2.06. The number of benzene rings is 1. The summed E-state index contributed by atoms with van der Waals surface area (Å²) in [5, 5.41) is 1.05. The van der Waals surface area contributed by atoms with Crippen LogP contribution in [0.4, 0.5) is 0 Å². The number of ketones is 1. The number of aryl methyl sites for hydroxylation is 2. The van der Waals surface area contributed by atoms with Crippen molar-refractivity contribution in [3.63, 3.8) is 0 Å². The lowest BCUT2D eigenvalue weighted by Crippen LogP contribution is -2.22. The second-order valence-corrected chi connectivity index (χ2v) is 5.80. The largest absolute Gasteiger partial charge is 0.412 e. The summed E-state index contributed by atoms with van der Waals surface area (Å²) in [6, 6.07) is 8.09. The van der Waals surface area contributed by atoms with E-state index in [0.29, 0.717) is 0 Å². The molecule has 0 fully saturated rings. The number of hydrogen-bond donors (Lipinski definition) is 1. The van der Waals surface area contributed by atoms with E-state index in [4.69, 9.17) is 0 Å². The molecule has 5 heteroatoms. The van der Waals surface area contributed by atoms with E-state index in [-0.39, 0.29) is 17.2 Å². The summed E-state index contributed by atoms with van der Waals surface area (Å²) in [5.74, 6) is 0.298. The van der Waals surface area contributed by atoms with Gasteiger partial charge in [0.15, 0.2) is 5.78 Å². The summed E-state index contributed by atoms with van der Waals surface area (Å²) in [4.78, 5) is 20.4. The molecule has 0 unspecified atom stereocenters. The summed E-state index contributed by atoms with van der Waals surface area (Å²) < 4.78 is 2.03. The van der Waals surface area contributed by atoms with E-state index in [9.17, 15) is 4.79 Å². The summed E-state index contributed by atoms with van der Waals surface area (Å²) in [6.07, 6.45) is 6.26. The lowest BCUT2D eigenvalue weighted by Gasteiger charge is -2.19. The van der Waals surface area contributed by atoms with Gasteiger partial charge in [0.05, 0.1) is 12.0 Å². The number of rotatable bonds is 2. The van der Waals surface area contributed by atoms with E-state index in [1.165, 1.54) is 5.69 Å². The molecule has 0 bridgehead atoms. The fourth-order valence-electron chi connectivity index (χ4n) is 3.38. The van der Waals surface area contributed by atoms with Crippen LogP contribution in [0, 0.1) is 5.92 Å². The Balaban J connectivity index is 0.00000144. The van der Waals surface area contributed by atoms with Crippen LogP contribution < -0.4 is 0 Å². The summed E-state index contributed by atoms with van der Waals surface area (Å²) in [7, 11) is 1.99. The number of aromatic amines is 1. The van der Waals surface area contributed by atoms with Gasteiger partial charge in [-0.25, -0.2) is 4.98 Å². The van der Waals surface area contributed by atoms with Gasteiger partial charge in [0.25, 0.3) is 0 Å². The normalized spacial score (nSPS) is 17.0. The molecule has 22 heavy (non-hydrogen) atoms. The number of nitrogens with zero attached hydrogens (tertiary/aromatic N) is 2. The predicted molar refractivity (Wildman–Crippen MR) is 85.0 cm³/mol. The second kappa shape index (κ2) is 5.42. The molecular formula is C17H19N3O2. The van der Waals surface area contributed by atoms with E-state index < -0.39 is 0 Å². The van der Waals surface area contributed by atoms with Crippen molar-refractivity contribution in [1.29, 1.82) is 0 Å². The first-order chi connectivity index (χ1) is 10.2. The van der Waals surface area contributed by atoms with E-state index in [2.05, 4.69) is 16.0 Å². The first kappa shape index (κ1) is 14.5. The molecule has 2 heterocycles. The van der Waals surface area contributed by atoms with Gasteiger partial charge in [0.2, 0.25) is 0 Å². The molecule has 0 amide bonds. The summed E-state index contributed by atoms with van der Waals surface area (Å²) in [6.45, 7) is 0. The highest BCUT2D eigenvalue weighted by Gasteiger charge is 2.28. The van der Waals surface area contributed by atoms with Gasteiger partial charge in [0, 0.05) is 47.7 Å². The standard InChI is InChI=1S/C17H17N3O.H2O/c1-20-9-13(12-4-2-3-5-16(12)20)17(21)11-6-7-14-15(8-11)19-10-18-14;/h2-5,9-11H,6-8H2,1H3,(H,18,19);1H2/t11-;/m1./s1. The van der Waals surface area contributed by atoms with Crippen molar-refractivity contribution < 1.29 is 10.3 Å². The van der Waals surface area contributed by atoms with Crippen LogP contribution in [0.15, 0.2) is 36.8 Å². The van der Waals surface area contributed by atoms with Gasteiger partial charge >= 0.3 is 0 Å². The molecule has 1 atom stereocenters. The van der Waals surface area contributed by atoms with E-state index in [0.717, 1.165) is 41.4 Å². The Morgan fingerprint density at radius 2 is 2.18 bits per heavy atom. The molecule has 1 aromatic carbocycles. The van der Waals surface area contributed by atoms with Crippen LogP contribution in [0.3, 0.4) is 0 Å². The quantitative estimate of drug-likeness (QED) is 0.734. The minimum atomic E-state index is 0. The van der Waals surface area contributed by atoms with Gasteiger partial charge in [-0.2, -0.15) is 0 Å². The Bertz CT molecular complexity index is 831. The maximum absolute atomic E-state index is 12.9. The van der Waals surface area contributed by atoms with Crippen LogP contribution in [0.2, 0.25) is 0 Å². The van der Waals surface area contributed by atoms with E-state index in [1.807, 2.05) is 36.0 Å². The molecule has 0 spiro atoms. The third-order valence-electron chi connectivity index (χ3n) is 4.52. The molecule has 0 radical (unpaired) electrons. The average Bonchev–Trinajstić information content (AvgIpc) is 3.11. The van der Waals surface area contributed by atoms with Crippen LogP contribution in [-0.2, 0) is 19.9 Å². The highest BCUT2D eigenvalue weighted by atomic mass is 16.1.